The molecule has 1 aliphatic heterocycles. The summed E-state index contributed by atoms with van der Waals surface area (Å²) in [5, 5.41) is 9.99. The lowest BCUT2D eigenvalue weighted by atomic mass is 10.2. The van der Waals surface area contributed by atoms with Gasteiger partial charge in [-0.2, -0.15) is 9.97 Å². The van der Waals surface area contributed by atoms with Crippen molar-refractivity contribution in [3.63, 3.8) is 0 Å². The van der Waals surface area contributed by atoms with E-state index in [4.69, 9.17) is 26.8 Å². The predicted molar refractivity (Wildman–Crippen MR) is 71.2 cm³/mol. The molecule has 0 amide bonds. The van der Waals surface area contributed by atoms with Crippen molar-refractivity contribution in [2.24, 2.45) is 0 Å². The Morgan fingerprint density at radius 1 is 1.60 bits per heavy atom. The zero-order valence-corrected chi connectivity index (χ0v) is 11.5. The molecule has 0 aromatic carbocycles. The molecule has 0 spiro atoms. The number of hydrogen-bond donors (Lipinski definition) is 2. The molecule has 3 atom stereocenters. The highest BCUT2D eigenvalue weighted by Gasteiger charge is 2.35. The fourth-order valence-electron chi connectivity index (χ4n) is 2.32. The zero-order chi connectivity index (χ0) is 14.3. The molecule has 0 radical (unpaired) electrons. The second-order valence-electron chi connectivity index (χ2n) is 4.59. The molecule has 3 heterocycles. The lowest BCUT2D eigenvalue weighted by Gasteiger charge is -2.14. The Kier molecular flexibility index (Phi) is 3.47. The van der Waals surface area contributed by atoms with Gasteiger partial charge in [0, 0.05) is 13.5 Å². The maximum Gasteiger partial charge on any atom is 0.226 e. The van der Waals surface area contributed by atoms with Crippen LogP contribution < -0.4 is 5.73 Å². The number of fused-ring (bicyclic) bond motifs is 1. The van der Waals surface area contributed by atoms with Gasteiger partial charge in [-0.1, -0.05) is 0 Å². The van der Waals surface area contributed by atoms with Crippen LogP contribution in [-0.2, 0) is 9.47 Å². The summed E-state index contributed by atoms with van der Waals surface area (Å²) in [6.45, 7) is 0.322. The molecule has 0 aliphatic carbocycles. The molecule has 1 aliphatic rings. The quantitative estimate of drug-likeness (QED) is 0.787. The standard InChI is InChI=1S/C11H14ClN5O3/c1-19-3-6-5(18)2-7(20-6)17-4-14-8-9(13)15-11(12)16-10(8)17/h4-7,18H,2-3H2,1H3,(H2,13,15,16)/t5-,6+,7+/m0/s1. The molecule has 2 aromatic heterocycles. The van der Waals surface area contributed by atoms with Crippen molar-refractivity contribution in [1.29, 1.82) is 0 Å². The molecule has 1 fully saturated rings. The Bertz CT molecular complexity index is 634. The molecule has 20 heavy (non-hydrogen) atoms. The Labute approximate surface area is 119 Å². The number of ether oxygens (including phenoxy) is 2. The van der Waals surface area contributed by atoms with Gasteiger partial charge in [-0.3, -0.25) is 4.57 Å². The largest absolute Gasteiger partial charge is 0.390 e. The number of nitrogens with zero attached hydrogens (tertiary/aromatic N) is 4. The number of hydrogen-bond acceptors (Lipinski definition) is 7. The number of methoxy groups -OCH3 is 1. The SMILES string of the molecule is COC[C@H]1O[C@@H](n2cnc3c(N)nc(Cl)nc32)C[C@@H]1O. The summed E-state index contributed by atoms with van der Waals surface area (Å²) in [6.07, 6.45) is 0.601. The molecule has 1 saturated heterocycles. The monoisotopic (exact) mass is 299 g/mol. The Balaban J connectivity index is 1.95. The van der Waals surface area contributed by atoms with Gasteiger partial charge in [0.25, 0.3) is 0 Å². The van der Waals surface area contributed by atoms with Gasteiger partial charge in [-0.15, -0.1) is 0 Å². The summed E-state index contributed by atoms with van der Waals surface area (Å²) in [5.74, 6) is 0.214. The third-order valence-corrected chi connectivity index (χ3v) is 3.44. The molecule has 108 valence electrons. The molecule has 0 bridgehead atoms. The smallest absolute Gasteiger partial charge is 0.226 e. The molecule has 9 heteroatoms. The van der Waals surface area contributed by atoms with Crippen LogP contribution in [0.5, 0.6) is 0 Å². The zero-order valence-electron chi connectivity index (χ0n) is 10.7. The lowest BCUT2D eigenvalue weighted by Crippen LogP contribution is -2.25. The molecular weight excluding hydrogens is 286 g/mol. The minimum atomic E-state index is -0.605. The van der Waals surface area contributed by atoms with E-state index in [1.54, 1.807) is 18.0 Å². The Morgan fingerprint density at radius 3 is 3.15 bits per heavy atom. The molecule has 0 unspecified atom stereocenters. The van der Waals surface area contributed by atoms with Gasteiger partial charge in [0.1, 0.15) is 17.8 Å². The molecule has 0 saturated carbocycles. The average Bonchev–Trinajstić information content (AvgIpc) is 2.94. The van der Waals surface area contributed by atoms with Crippen LogP contribution in [-0.4, -0.2) is 50.6 Å². The molecule has 3 rings (SSSR count). The van der Waals surface area contributed by atoms with Gasteiger partial charge in [0.05, 0.1) is 19.0 Å². The first-order valence-corrected chi connectivity index (χ1v) is 6.46. The molecular formula is C11H14ClN5O3. The van der Waals surface area contributed by atoms with Crippen molar-refractivity contribution in [2.45, 2.75) is 24.9 Å². The topological polar surface area (TPSA) is 108 Å². The highest BCUT2D eigenvalue weighted by Crippen LogP contribution is 2.31. The van der Waals surface area contributed by atoms with Crippen molar-refractivity contribution in [2.75, 3.05) is 19.5 Å². The number of rotatable bonds is 3. The van der Waals surface area contributed by atoms with Gasteiger partial charge in [0.15, 0.2) is 11.5 Å². The van der Waals surface area contributed by atoms with E-state index in [2.05, 4.69) is 15.0 Å². The summed E-state index contributed by atoms with van der Waals surface area (Å²) in [5.41, 5.74) is 6.69. The van der Waals surface area contributed by atoms with Gasteiger partial charge >= 0.3 is 0 Å². The maximum atomic E-state index is 9.95. The van der Waals surface area contributed by atoms with E-state index in [-0.39, 0.29) is 23.4 Å². The number of aromatic nitrogens is 4. The highest BCUT2D eigenvalue weighted by molar-refractivity contribution is 6.28. The van der Waals surface area contributed by atoms with Gasteiger partial charge in [0.2, 0.25) is 5.28 Å². The second-order valence-corrected chi connectivity index (χ2v) is 4.93. The lowest BCUT2D eigenvalue weighted by molar-refractivity contribution is -0.0523. The van der Waals surface area contributed by atoms with Crippen molar-refractivity contribution in [3.05, 3.63) is 11.6 Å². The van der Waals surface area contributed by atoms with E-state index in [9.17, 15) is 5.11 Å². The average molecular weight is 300 g/mol. The van der Waals surface area contributed by atoms with E-state index in [0.717, 1.165) is 0 Å². The van der Waals surface area contributed by atoms with Crippen molar-refractivity contribution >= 4 is 28.6 Å². The van der Waals surface area contributed by atoms with Crippen LogP contribution in [0.1, 0.15) is 12.6 Å². The van der Waals surface area contributed by atoms with Crippen LogP contribution >= 0.6 is 11.6 Å². The molecule has 2 aromatic rings. The van der Waals surface area contributed by atoms with Gasteiger partial charge < -0.3 is 20.3 Å². The van der Waals surface area contributed by atoms with Crippen LogP contribution in [0.25, 0.3) is 11.2 Å². The molecule has 3 N–H and O–H groups in total. The third-order valence-electron chi connectivity index (χ3n) is 3.27. The van der Waals surface area contributed by atoms with Crippen molar-refractivity contribution in [3.8, 4) is 0 Å². The van der Waals surface area contributed by atoms with Crippen molar-refractivity contribution in [1.82, 2.24) is 19.5 Å². The number of nitrogens with two attached hydrogens (primary N) is 1. The summed E-state index contributed by atoms with van der Waals surface area (Å²) >= 11 is 5.81. The van der Waals surface area contributed by atoms with E-state index < -0.39 is 6.10 Å². The summed E-state index contributed by atoms with van der Waals surface area (Å²) < 4.78 is 12.5. The van der Waals surface area contributed by atoms with Crippen LogP contribution in [0.2, 0.25) is 5.28 Å². The number of anilines is 1. The minimum Gasteiger partial charge on any atom is -0.390 e. The molecule has 8 nitrogen and oxygen atoms in total. The third kappa shape index (κ3) is 2.20. The summed E-state index contributed by atoms with van der Waals surface area (Å²) in [4.78, 5) is 12.1. The fourth-order valence-corrected chi connectivity index (χ4v) is 2.49. The minimum absolute atomic E-state index is 0.0451. The highest BCUT2D eigenvalue weighted by atomic mass is 35.5. The predicted octanol–water partition coefficient (Wildman–Crippen LogP) is 0.357. The van der Waals surface area contributed by atoms with E-state index in [1.165, 1.54) is 0 Å². The normalized spacial score (nSPS) is 26.4. The Morgan fingerprint density at radius 2 is 2.40 bits per heavy atom. The number of aliphatic hydroxyl groups excluding tert-OH is 1. The number of nitrogen functional groups attached to an aromatic ring is 1. The van der Waals surface area contributed by atoms with Crippen LogP contribution in [0.3, 0.4) is 0 Å². The number of imidazole rings is 1. The Hall–Kier alpha value is -1.48. The van der Waals surface area contributed by atoms with Crippen LogP contribution in [0, 0.1) is 0 Å². The van der Waals surface area contributed by atoms with Gasteiger partial charge in [-0.25, -0.2) is 4.98 Å². The fraction of sp³-hybridized carbons (Fsp3) is 0.545. The van der Waals surface area contributed by atoms with E-state index in [1.807, 2.05) is 0 Å². The summed E-state index contributed by atoms with van der Waals surface area (Å²) in [6, 6.07) is 0. The first-order valence-electron chi connectivity index (χ1n) is 6.08. The van der Waals surface area contributed by atoms with E-state index >= 15 is 0 Å². The number of halogens is 1. The number of aliphatic hydroxyl groups is 1. The van der Waals surface area contributed by atoms with E-state index in [0.29, 0.717) is 24.2 Å². The van der Waals surface area contributed by atoms with Crippen LogP contribution in [0.4, 0.5) is 5.82 Å². The maximum absolute atomic E-state index is 9.95. The first-order chi connectivity index (χ1) is 9.60. The first kappa shape index (κ1) is 13.5. The second kappa shape index (κ2) is 5.13. The van der Waals surface area contributed by atoms with Crippen LogP contribution in [0.15, 0.2) is 6.33 Å². The van der Waals surface area contributed by atoms with Gasteiger partial charge in [-0.05, 0) is 11.6 Å². The van der Waals surface area contributed by atoms with Crippen molar-refractivity contribution < 1.29 is 14.6 Å². The summed E-state index contributed by atoms with van der Waals surface area (Å²) in [7, 11) is 1.56.